The highest BCUT2D eigenvalue weighted by Crippen LogP contribution is 2.37. The average molecular weight is 519 g/mol. The molecule has 0 saturated carbocycles. The van der Waals surface area contributed by atoms with Crippen LogP contribution in [-0.4, -0.2) is 44.3 Å². The summed E-state index contributed by atoms with van der Waals surface area (Å²) in [5.74, 6) is -0.964. The van der Waals surface area contributed by atoms with Crippen molar-refractivity contribution >= 4 is 28.8 Å². The lowest BCUT2D eigenvalue weighted by atomic mass is 10.1. The van der Waals surface area contributed by atoms with Crippen LogP contribution in [0, 0.1) is 5.82 Å². The second-order valence-electron chi connectivity index (χ2n) is 8.24. The Morgan fingerprint density at radius 2 is 1.89 bits per heavy atom. The van der Waals surface area contributed by atoms with Gasteiger partial charge in [-0.15, -0.1) is 0 Å². The summed E-state index contributed by atoms with van der Waals surface area (Å²) >= 11 is 0. The smallest absolute Gasteiger partial charge is 0.419 e. The summed E-state index contributed by atoms with van der Waals surface area (Å²) in [5, 5.41) is 5.68. The van der Waals surface area contributed by atoms with Gasteiger partial charge in [-0.2, -0.15) is 13.2 Å². The highest BCUT2D eigenvalue weighted by atomic mass is 19.4. The van der Waals surface area contributed by atoms with Crippen molar-refractivity contribution in [2.45, 2.75) is 12.7 Å². The van der Waals surface area contributed by atoms with Crippen molar-refractivity contribution in [3.63, 3.8) is 0 Å². The van der Waals surface area contributed by atoms with Crippen LogP contribution < -0.4 is 26.0 Å². The first-order valence-corrected chi connectivity index (χ1v) is 11.3. The molecule has 4 N–H and O–H groups in total. The lowest BCUT2D eigenvalue weighted by Gasteiger charge is -2.29. The lowest BCUT2D eigenvalue weighted by Crippen LogP contribution is -2.36. The zero-order valence-electron chi connectivity index (χ0n) is 19.9. The second kappa shape index (κ2) is 10.9. The van der Waals surface area contributed by atoms with Crippen molar-refractivity contribution in [3.8, 4) is 5.75 Å². The molecule has 37 heavy (non-hydrogen) atoms. The van der Waals surface area contributed by atoms with Crippen LogP contribution in [0.4, 0.5) is 40.4 Å². The molecule has 4 rings (SSSR count). The number of hydrogen-bond acceptors (Lipinski definition) is 7. The second-order valence-corrected chi connectivity index (χ2v) is 8.24. The zero-order chi connectivity index (χ0) is 26.6. The molecular weight excluding hydrogens is 494 g/mol. The Bertz CT molecular complexity index is 1280. The molecule has 2 heterocycles. The number of anilines is 4. The number of methoxy groups -OCH3 is 1. The van der Waals surface area contributed by atoms with Crippen molar-refractivity contribution in [1.29, 1.82) is 0 Å². The fourth-order valence-electron chi connectivity index (χ4n) is 3.96. The van der Waals surface area contributed by atoms with Gasteiger partial charge in [-0.3, -0.25) is 4.79 Å². The monoisotopic (exact) mass is 519 g/mol. The van der Waals surface area contributed by atoms with Gasteiger partial charge < -0.3 is 30.7 Å². The predicted octanol–water partition coefficient (Wildman–Crippen LogP) is 4.54. The summed E-state index contributed by atoms with van der Waals surface area (Å²) in [7, 11) is 1.50. The number of rotatable bonds is 8. The Labute approximate surface area is 210 Å². The predicted molar refractivity (Wildman–Crippen MR) is 131 cm³/mol. The van der Waals surface area contributed by atoms with Gasteiger partial charge in [0.1, 0.15) is 17.4 Å². The van der Waals surface area contributed by atoms with Crippen LogP contribution in [0.1, 0.15) is 21.5 Å². The first kappa shape index (κ1) is 26.0. The first-order valence-electron chi connectivity index (χ1n) is 11.3. The summed E-state index contributed by atoms with van der Waals surface area (Å²) in [6.07, 6.45) is -3.99. The summed E-state index contributed by atoms with van der Waals surface area (Å²) in [6, 6.07) is 9.99. The van der Waals surface area contributed by atoms with Gasteiger partial charge >= 0.3 is 6.18 Å². The quantitative estimate of drug-likeness (QED) is 0.376. The van der Waals surface area contributed by atoms with E-state index in [0.717, 1.165) is 30.9 Å². The molecule has 1 aliphatic rings. The summed E-state index contributed by atoms with van der Waals surface area (Å²) < 4.78 is 65.4. The molecular formula is C25H25F4N5O3. The number of pyridine rings is 1. The normalized spacial score (nSPS) is 13.8. The zero-order valence-corrected chi connectivity index (χ0v) is 19.9. The van der Waals surface area contributed by atoms with Crippen molar-refractivity contribution < 1.29 is 31.8 Å². The van der Waals surface area contributed by atoms with Gasteiger partial charge in [-0.25, -0.2) is 9.37 Å². The minimum atomic E-state index is -4.69. The van der Waals surface area contributed by atoms with E-state index in [1.165, 1.54) is 19.2 Å². The Kier molecular flexibility index (Phi) is 7.67. The number of carbonyl (C=O) groups excluding carboxylic acids is 1. The largest absolute Gasteiger partial charge is 0.494 e. The van der Waals surface area contributed by atoms with E-state index in [4.69, 9.17) is 15.2 Å². The maximum atomic E-state index is 13.7. The third-order valence-electron chi connectivity index (χ3n) is 5.84. The van der Waals surface area contributed by atoms with Crippen LogP contribution in [-0.2, 0) is 17.5 Å². The van der Waals surface area contributed by atoms with E-state index < -0.39 is 23.5 Å². The Hall–Kier alpha value is -4.06. The fourth-order valence-corrected chi connectivity index (χ4v) is 3.96. The van der Waals surface area contributed by atoms with E-state index in [1.807, 2.05) is 12.1 Å². The van der Waals surface area contributed by atoms with Crippen molar-refractivity contribution in [1.82, 2.24) is 4.98 Å². The van der Waals surface area contributed by atoms with Crippen molar-refractivity contribution in [3.05, 3.63) is 71.2 Å². The summed E-state index contributed by atoms with van der Waals surface area (Å²) in [6.45, 7) is 2.50. The molecule has 0 spiro atoms. The van der Waals surface area contributed by atoms with E-state index in [0.29, 0.717) is 30.8 Å². The minimum Gasteiger partial charge on any atom is -0.494 e. The van der Waals surface area contributed by atoms with Crippen LogP contribution in [0.5, 0.6) is 5.75 Å². The maximum Gasteiger partial charge on any atom is 0.419 e. The van der Waals surface area contributed by atoms with Crippen LogP contribution in [0.15, 0.2) is 48.7 Å². The fraction of sp³-hybridized carbons (Fsp3) is 0.280. The van der Waals surface area contributed by atoms with Gasteiger partial charge in [0, 0.05) is 49.2 Å². The number of benzene rings is 2. The lowest BCUT2D eigenvalue weighted by molar-refractivity contribution is -0.137. The third-order valence-corrected chi connectivity index (χ3v) is 5.84. The molecule has 0 aliphatic carbocycles. The molecule has 12 heteroatoms. The topological polar surface area (TPSA) is 102 Å². The van der Waals surface area contributed by atoms with Crippen molar-refractivity contribution in [2.24, 2.45) is 5.73 Å². The molecule has 0 unspecified atom stereocenters. The number of hydrogen-bond donors (Lipinski definition) is 3. The number of nitrogens with zero attached hydrogens (tertiary/aromatic N) is 2. The van der Waals surface area contributed by atoms with Crippen LogP contribution in [0.3, 0.4) is 0 Å². The van der Waals surface area contributed by atoms with E-state index in [9.17, 15) is 22.4 Å². The molecule has 0 radical (unpaired) electrons. The van der Waals surface area contributed by atoms with Crippen LogP contribution in [0.25, 0.3) is 0 Å². The van der Waals surface area contributed by atoms with Gasteiger partial charge in [0.05, 0.1) is 37.3 Å². The number of amides is 1. The van der Waals surface area contributed by atoms with Crippen molar-refractivity contribution in [2.75, 3.05) is 48.9 Å². The summed E-state index contributed by atoms with van der Waals surface area (Å²) in [5.41, 5.74) is 5.56. The van der Waals surface area contributed by atoms with Gasteiger partial charge in [0.2, 0.25) is 5.91 Å². The Morgan fingerprint density at radius 1 is 1.14 bits per heavy atom. The molecule has 2 aromatic carbocycles. The first-order chi connectivity index (χ1) is 17.7. The third kappa shape index (κ3) is 6.20. The molecule has 0 atom stereocenters. The molecule has 1 saturated heterocycles. The van der Waals surface area contributed by atoms with E-state index in [2.05, 4.69) is 20.5 Å². The molecule has 1 amide bonds. The van der Waals surface area contributed by atoms with Gasteiger partial charge in [-0.05, 0) is 29.8 Å². The van der Waals surface area contributed by atoms with Crippen LogP contribution in [0.2, 0.25) is 0 Å². The Morgan fingerprint density at radius 3 is 2.57 bits per heavy atom. The number of halogens is 4. The number of ether oxygens (including phenoxy) is 2. The SMILES string of the molecule is COc1cc(N2CCOCC2)ccc1Nc1cc(NCc2ccc(F)cc2C(N)=O)c(C(F)(F)F)cn1. The van der Waals surface area contributed by atoms with Crippen LogP contribution >= 0.6 is 0 Å². The highest BCUT2D eigenvalue weighted by Gasteiger charge is 2.34. The average Bonchev–Trinajstić information content (AvgIpc) is 2.88. The molecule has 8 nitrogen and oxygen atoms in total. The number of carbonyl (C=O) groups is 1. The van der Waals surface area contributed by atoms with Gasteiger partial charge in [0.15, 0.2) is 0 Å². The summed E-state index contributed by atoms with van der Waals surface area (Å²) in [4.78, 5) is 17.7. The number of alkyl halides is 3. The number of nitrogens with one attached hydrogen (secondary N) is 2. The van der Waals surface area contributed by atoms with Gasteiger partial charge in [0.25, 0.3) is 0 Å². The molecule has 3 aromatic rings. The molecule has 0 bridgehead atoms. The molecule has 196 valence electrons. The highest BCUT2D eigenvalue weighted by molar-refractivity contribution is 5.94. The van der Waals surface area contributed by atoms with E-state index >= 15 is 0 Å². The Balaban J connectivity index is 1.60. The minimum absolute atomic E-state index is 0.126. The number of aromatic nitrogens is 1. The van der Waals surface area contributed by atoms with E-state index in [-0.39, 0.29) is 29.2 Å². The molecule has 1 aliphatic heterocycles. The molecule has 1 aromatic heterocycles. The number of primary amides is 1. The number of nitrogens with two attached hydrogens (primary N) is 1. The molecule has 1 fully saturated rings. The van der Waals surface area contributed by atoms with Gasteiger partial charge in [-0.1, -0.05) is 6.07 Å². The maximum absolute atomic E-state index is 13.7. The van der Waals surface area contributed by atoms with E-state index in [1.54, 1.807) is 6.07 Å². The number of morpholine rings is 1. The standard InChI is InChI=1S/C25H25F4N5O3/c1-36-22-11-17(34-6-8-37-9-7-34)4-5-20(22)33-23-12-21(19(14-32-23)25(27,28)29)31-13-15-2-3-16(26)10-18(15)24(30)35/h2-5,10-12,14H,6-9,13H2,1H3,(H2,30,35)(H2,31,32,33).